The fraction of sp³-hybridized carbons (Fsp3) is 0.625. The molecule has 1 atom stereocenters. The van der Waals surface area contributed by atoms with Crippen LogP contribution in [-0.4, -0.2) is 29.2 Å². The van der Waals surface area contributed by atoms with Gasteiger partial charge >= 0.3 is 0 Å². The van der Waals surface area contributed by atoms with E-state index in [2.05, 4.69) is 11.6 Å². The third-order valence-corrected chi connectivity index (χ3v) is 5.72. The van der Waals surface area contributed by atoms with E-state index in [0.717, 1.165) is 24.7 Å². The highest BCUT2D eigenvalue weighted by molar-refractivity contribution is 8.00. The van der Waals surface area contributed by atoms with Crippen molar-refractivity contribution in [2.45, 2.75) is 43.0 Å². The van der Waals surface area contributed by atoms with Gasteiger partial charge in [-0.15, -0.1) is 0 Å². The lowest BCUT2D eigenvalue weighted by Crippen LogP contribution is -2.40. The van der Waals surface area contributed by atoms with E-state index in [0.29, 0.717) is 0 Å². The second kappa shape index (κ2) is 7.56. The van der Waals surface area contributed by atoms with Crippen molar-refractivity contribution < 1.29 is 13.9 Å². The first-order chi connectivity index (χ1) is 10.1. The van der Waals surface area contributed by atoms with Crippen molar-refractivity contribution in [2.24, 2.45) is 0 Å². The molecule has 0 aromatic heterocycles. The molecular weight excluding hydrogens is 292 g/mol. The van der Waals surface area contributed by atoms with E-state index in [4.69, 9.17) is 0 Å². The van der Waals surface area contributed by atoms with Crippen LogP contribution in [0, 0.1) is 11.6 Å². The van der Waals surface area contributed by atoms with Crippen LogP contribution in [0.2, 0.25) is 0 Å². The molecule has 1 aliphatic carbocycles. The number of benzene rings is 1. The first kappa shape index (κ1) is 16.7. The Balaban J connectivity index is 1.88. The number of hydrogen-bond acceptors (Lipinski definition) is 3. The van der Waals surface area contributed by atoms with Crippen LogP contribution in [0.5, 0.6) is 0 Å². The van der Waals surface area contributed by atoms with Gasteiger partial charge in [-0.2, -0.15) is 11.8 Å². The predicted octanol–water partition coefficient (Wildman–Crippen LogP) is 3.65. The SMILES string of the molecule is CSC1(CNCC(O)c2cc(F)ccc2F)CCCCC1. The molecule has 0 spiro atoms. The molecule has 0 radical (unpaired) electrons. The summed E-state index contributed by atoms with van der Waals surface area (Å²) in [4.78, 5) is 0. The number of thioether (sulfide) groups is 1. The Morgan fingerprint density at radius 1 is 1.29 bits per heavy atom. The molecule has 2 rings (SSSR count). The Labute approximate surface area is 129 Å². The summed E-state index contributed by atoms with van der Waals surface area (Å²) in [6.45, 7) is 1.03. The molecule has 5 heteroatoms. The molecule has 1 aromatic rings. The summed E-state index contributed by atoms with van der Waals surface area (Å²) in [5, 5.41) is 13.3. The number of rotatable bonds is 6. The molecule has 0 amide bonds. The molecule has 0 saturated heterocycles. The zero-order valence-corrected chi connectivity index (χ0v) is 13.2. The lowest BCUT2D eigenvalue weighted by molar-refractivity contribution is 0.167. The second-order valence-electron chi connectivity index (χ2n) is 5.76. The second-order valence-corrected chi connectivity index (χ2v) is 7.03. The van der Waals surface area contributed by atoms with E-state index in [9.17, 15) is 13.9 Å². The molecule has 118 valence electrons. The highest BCUT2D eigenvalue weighted by Gasteiger charge is 2.30. The van der Waals surface area contributed by atoms with Gasteiger partial charge < -0.3 is 10.4 Å². The molecule has 2 nitrogen and oxygen atoms in total. The minimum Gasteiger partial charge on any atom is -0.387 e. The monoisotopic (exact) mass is 315 g/mol. The summed E-state index contributed by atoms with van der Waals surface area (Å²) in [5.41, 5.74) is 0.0179. The molecular formula is C16H23F2NOS. The topological polar surface area (TPSA) is 32.3 Å². The van der Waals surface area contributed by atoms with Crippen LogP contribution in [0.15, 0.2) is 18.2 Å². The molecule has 1 aromatic carbocycles. The van der Waals surface area contributed by atoms with E-state index in [1.807, 2.05) is 11.8 Å². The van der Waals surface area contributed by atoms with Gasteiger partial charge in [0.2, 0.25) is 0 Å². The number of halogens is 2. The van der Waals surface area contributed by atoms with Crippen LogP contribution in [0.1, 0.15) is 43.8 Å². The summed E-state index contributed by atoms with van der Waals surface area (Å²) in [6, 6.07) is 3.18. The molecule has 1 fully saturated rings. The van der Waals surface area contributed by atoms with Gasteiger partial charge in [-0.05, 0) is 37.3 Å². The first-order valence-corrected chi connectivity index (χ1v) is 8.68. The first-order valence-electron chi connectivity index (χ1n) is 7.45. The van der Waals surface area contributed by atoms with Gasteiger partial charge in [0, 0.05) is 23.4 Å². The average molecular weight is 315 g/mol. The van der Waals surface area contributed by atoms with E-state index in [1.54, 1.807) is 0 Å². The summed E-state index contributed by atoms with van der Waals surface area (Å²) < 4.78 is 26.9. The largest absolute Gasteiger partial charge is 0.387 e. The summed E-state index contributed by atoms with van der Waals surface area (Å²) in [7, 11) is 0. The van der Waals surface area contributed by atoms with Crippen LogP contribution in [-0.2, 0) is 0 Å². The summed E-state index contributed by atoms with van der Waals surface area (Å²) in [6.07, 6.45) is 7.21. The van der Waals surface area contributed by atoms with Crippen molar-refractivity contribution in [1.82, 2.24) is 5.32 Å². The highest BCUT2D eigenvalue weighted by Crippen LogP contribution is 2.38. The average Bonchev–Trinajstić information content (AvgIpc) is 2.50. The Morgan fingerprint density at radius 2 is 2.00 bits per heavy atom. The summed E-state index contributed by atoms with van der Waals surface area (Å²) in [5.74, 6) is -1.10. The van der Waals surface area contributed by atoms with Crippen molar-refractivity contribution in [3.8, 4) is 0 Å². The van der Waals surface area contributed by atoms with E-state index < -0.39 is 17.7 Å². The lowest BCUT2D eigenvalue weighted by atomic mass is 9.88. The van der Waals surface area contributed by atoms with E-state index in [1.165, 1.54) is 32.1 Å². The third kappa shape index (κ3) is 4.41. The van der Waals surface area contributed by atoms with Crippen LogP contribution < -0.4 is 5.32 Å². The van der Waals surface area contributed by atoms with Gasteiger partial charge in [-0.25, -0.2) is 8.78 Å². The van der Waals surface area contributed by atoms with Gasteiger partial charge in [0.15, 0.2) is 0 Å². The minimum absolute atomic E-state index is 0.0179. The molecule has 0 heterocycles. The number of nitrogens with one attached hydrogen (secondary N) is 1. The molecule has 1 unspecified atom stereocenters. The van der Waals surface area contributed by atoms with Crippen molar-refractivity contribution in [3.63, 3.8) is 0 Å². The van der Waals surface area contributed by atoms with Crippen LogP contribution in [0.3, 0.4) is 0 Å². The fourth-order valence-electron chi connectivity index (χ4n) is 2.97. The maximum Gasteiger partial charge on any atom is 0.129 e. The molecule has 1 saturated carbocycles. The van der Waals surface area contributed by atoms with Gasteiger partial charge in [-0.1, -0.05) is 19.3 Å². The fourth-order valence-corrected chi connectivity index (χ4v) is 3.91. The molecule has 21 heavy (non-hydrogen) atoms. The smallest absolute Gasteiger partial charge is 0.129 e. The van der Waals surface area contributed by atoms with Crippen molar-refractivity contribution in [3.05, 3.63) is 35.4 Å². The Morgan fingerprint density at radius 3 is 2.67 bits per heavy atom. The predicted molar refractivity (Wildman–Crippen MR) is 83.5 cm³/mol. The minimum atomic E-state index is -1.02. The molecule has 2 N–H and O–H groups in total. The van der Waals surface area contributed by atoms with Gasteiger partial charge in [0.25, 0.3) is 0 Å². The zero-order chi connectivity index (χ0) is 15.3. The normalized spacial score (nSPS) is 19.4. The molecule has 0 bridgehead atoms. The number of aliphatic hydroxyl groups is 1. The van der Waals surface area contributed by atoms with Crippen LogP contribution in [0.25, 0.3) is 0 Å². The Hall–Kier alpha value is -0.650. The Kier molecular flexibility index (Phi) is 6.02. The maximum absolute atomic E-state index is 13.6. The summed E-state index contributed by atoms with van der Waals surface area (Å²) >= 11 is 1.87. The quantitative estimate of drug-likeness (QED) is 0.840. The van der Waals surface area contributed by atoms with Gasteiger partial charge in [0.1, 0.15) is 11.6 Å². The van der Waals surface area contributed by atoms with Gasteiger partial charge in [0.05, 0.1) is 6.10 Å². The van der Waals surface area contributed by atoms with Crippen molar-refractivity contribution >= 4 is 11.8 Å². The molecule has 1 aliphatic rings. The third-order valence-electron chi connectivity index (χ3n) is 4.30. The number of aliphatic hydroxyl groups excluding tert-OH is 1. The van der Waals surface area contributed by atoms with Crippen LogP contribution in [0.4, 0.5) is 8.78 Å². The number of hydrogen-bond donors (Lipinski definition) is 2. The van der Waals surface area contributed by atoms with Crippen LogP contribution >= 0.6 is 11.8 Å². The molecule has 0 aliphatic heterocycles. The van der Waals surface area contributed by atoms with Crippen molar-refractivity contribution in [1.29, 1.82) is 0 Å². The van der Waals surface area contributed by atoms with E-state index >= 15 is 0 Å². The van der Waals surface area contributed by atoms with Gasteiger partial charge in [-0.3, -0.25) is 0 Å². The van der Waals surface area contributed by atoms with E-state index in [-0.39, 0.29) is 16.9 Å². The maximum atomic E-state index is 13.6. The standard InChI is InChI=1S/C16H23F2NOS/c1-21-16(7-3-2-4-8-16)11-19-10-15(20)13-9-12(17)5-6-14(13)18/h5-6,9,15,19-20H,2-4,7-8,10-11H2,1H3. The highest BCUT2D eigenvalue weighted by atomic mass is 32.2. The Bertz CT molecular complexity index is 464. The van der Waals surface area contributed by atoms with Crippen molar-refractivity contribution in [2.75, 3.05) is 19.3 Å². The lowest BCUT2D eigenvalue weighted by Gasteiger charge is -2.36. The zero-order valence-electron chi connectivity index (χ0n) is 12.4.